The summed E-state index contributed by atoms with van der Waals surface area (Å²) in [7, 11) is 0. The van der Waals surface area contributed by atoms with Crippen LogP contribution in [0.1, 0.15) is 131 Å². The first-order valence-corrected chi connectivity index (χ1v) is 19.5. The van der Waals surface area contributed by atoms with Gasteiger partial charge in [-0.05, 0) is 135 Å². The molecule has 1 aliphatic heterocycles. The molecule has 5 heteroatoms. The molecule has 5 nitrogen and oxygen atoms in total. The fourth-order valence-corrected chi connectivity index (χ4v) is 13.0. The van der Waals surface area contributed by atoms with Crippen LogP contribution in [0.25, 0.3) is 0 Å². The fraction of sp³-hybridized carbons (Fsp3) is 0.767. The molecule has 8 atom stereocenters. The minimum Gasteiger partial charge on any atom is -0.461 e. The van der Waals surface area contributed by atoms with Crippen molar-refractivity contribution in [3.63, 3.8) is 0 Å². The Hall–Kier alpha value is -2.14. The molecule has 264 valence electrons. The van der Waals surface area contributed by atoms with Crippen LogP contribution in [-0.2, 0) is 25.7 Å². The van der Waals surface area contributed by atoms with Gasteiger partial charge in [0.15, 0.2) is 0 Å². The third kappa shape index (κ3) is 5.34. The van der Waals surface area contributed by atoms with Crippen LogP contribution in [-0.4, -0.2) is 42.6 Å². The minimum atomic E-state index is -0.418. The first-order valence-electron chi connectivity index (χ1n) is 19.5. The van der Waals surface area contributed by atoms with Gasteiger partial charge in [-0.3, -0.25) is 14.5 Å². The van der Waals surface area contributed by atoms with E-state index in [2.05, 4.69) is 71.6 Å². The molecular weight excluding hydrogens is 594 g/mol. The van der Waals surface area contributed by atoms with Gasteiger partial charge in [-0.15, -0.1) is 0 Å². The number of fused-ring (bicyclic) bond motifs is 7. The number of esters is 2. The van der Waals surface area contributed by atoms with Gasteiger partial charge in [0.2, 0.25) is 0 Å². The predicted octanol–water partition coefficient (Wildman–Crippen LogP) is 9.54. The quantitative estimate of drug-likeness (QED) is 0.225. The van der Waals surface area contributed by atoms with Crippen LogP contribution in [0.5, 0.6) is 0 Å². The predicted molar refractivity (Wildman–Crippen MR) is 191 cm³/mol. The van der Waals surface area contributed by atoms with E-state index in [0.29, 0.717) is 25.0 Å². The SMILES string of the molecule is CC1(C)CC[C@]2(C(=O)OCc3ccccc3)CC[C@]3(C)C(=CC[C@@H]4[C@@]5(C)CC[C@H](OC(=O)CN6CCCC6)C(C)(C)[C@@H]5CC[C@]43C)[C@@H]2C1. The van der Waals surface area contributed by atoms with E-state index in [-0.39, 0.29) is 51.0 Å². The van der Waals surface area contributed by atoms with Crippen molar-refractivity contribution in [3.05, 3.63) is 47.5 Å². The van der Waals surface area contributed by atoms with Gasteiger partial charge in [0, 0.05) is 5.41 Å². The van der Waals surface area contributed by atoms with Crippen LogP contribution in [0, 0.1) is 50.2 Å². The summed E-state index contributed by atoms with van der Waals surface area (Å²) in [5, 5.41) is 0. The Bertz CT molecular complexity index is 1430. The average molecular weight is 658 g/mol. The molecule has 0 aromatic heterocycles. The lowest BCUT2D eigenvalue weighted by Crippen LogP contribution is -2.65. The first kappa shape index (κ1) is 34.3. The van der Waals surface area contributed by atoms with E-state index < -0.39 is 5.41 Å². The summed E-state index contributed by atoms with van der Waals surface area (Å²) in [5.41, 5.74) is 2.80. The topological polar surface area (TPSA) is 55.8 Å². The monoisotopic (exact) mass is 657 g/mol. The Morgan fingerprint density at radius 1 is 0.833 bits per heavy atom. The number of nitrogens with zero attached hydrogens (tertiary/aromatic N) is 1. The number of benzene rings is 1. The van der Waals surface area contributed by atoms with Gasteiger partial charge in [-0.1, -0.05) is 90.4 Å². The average Bonchev–Trinajstić information content (AvgIpc) is 3.55. The number of carbonyl (C=O) groups is 2. The van der Waals surface area contributed by atoms with Crippen LogP contribution < -0.4 is 0 Å². The lowest BCUT2D eigenvalue weighted by Gasteiger charge is -2.71. The molecule has 0 radical (unpaired) electrons. The van der Waals surface area contributed by atoms with Gasteiger partial charge >= 0.3 is 11.9 Å². The number of carbonyl (C=O) groups excluding carboxylic acids is 2. The first-order chi connectivity index (χ1) is 22.6. The molecular formula is C43H63NO4. The summed E-state index contributed by atoms with van der Waals surface area (Å²) in [6, 6.07) is 10.2. The summed E-state index contributed by atoms with van der Waals surface area (Å²) < 4.78 is 12.6. The van der Waals surface area contributed by atoms with E-state index in [1.54, 1.807) is 5.57 Å². The van der Waals surface area contributed by atoms with Gasteiger partial charge in [0.05, 0.1) is 12.0 Å². The standard InChI is InChI=1S/C43H63NO4/c1-38(2)21-23-43(37(46)47-29-30-13-9-8-10-14-30)24-22-41(6)31(32(43)27-38)15-16-34-40(5)19-18-35(48-36(45)28-44-25-11-12-26-44)39(3,4)33(40)17-20-42(34,41)7/h8-10,13-15,32-35H,11-12,16-29H2,1-7H3/t32-,33-,34+,35-,40-,41+,42+,43-/m0/s1. The van der Waals surface area contributed by atoms with E-state index in [4.69, 9.17) is 9.47 Å². The van der Waals surface area contributed by atoms with Crippen molar-refractivity contribution >= 4 is 11.9 Å². The van der Waals surface area contributed by atoms with Gasteiger partial charge < -0.3 is 9.47 Å². The molecule has 5 fully saturated rings. The summed E-state index contributed by atoms with van der Waals surface area (Å²) >= 11 is 0. The van der Waals surface area contributed by atoms with Gasteiger partial charge in [0.25, 0.3) is 0 Å². The normalized spacial score (nSPS) is 41.5. The molecule has 1 saturated heterocycles. The smallest absolute Gasteiger partial charge is 0.320 e. The second kappa shape index (κ2) is 12.0. The molecule has 48 heavy (non-hydrogen) atoms. The highest BCUT2D eigenvalue weighted by molar-refractivity contribution is 5.79. The molecule has 1 aromatic carbocycles. The van der Waals surface area contributed by atoms with Gasteiger partial charge in [-0.25, -0.2) is 0 Å². The number of allylic oxidation sites excluding steroid dienone is 2. The van der Waals surface area contributed by atoms with Crippen LogP contribution in [0.3, 0.4) is 0 Å². The van der Waals surface area contributed by atoms with Crippen molar-refractivity contribution in [2.75, 3.05) is 19.6 Å². The molecule has 0 unspecified atom stereocenters. The zero-order valence-corrected chi connectivity index (χ0v) is 31.2. The van der Waals surface area contributed by atoms with E-state index in [1.807, 2.05) is 18.2 Å². The lowest BCUT2D eigenvalue weighted by molar-refractivity contribution is -0.214. The molecule has 1 heterocycles. The largest absolute Gasteiger partial charge is 0.461 e. The summed E-state index contributed by atoms with van der Waals surface area (Å²) in [5.74, 6) is 1.35. The molecule has 0 bridgehead atoms. The van der Waals surface area contributed by atoms with Crippen LogP contribution in [0.15, 0.2) is 42.0 Å². The maximum absolute atomic E-state index is 14.3. The van der Waals surface area contributed by atoms with E-state index in [0.717, 1.165) is 70.0 Å². The Morgan fingerprint density at radius 3 is 2.27 bits per heavy atom. The van der Waals surface area contributed by atoms with E-state index in [1.165, 1.54) is 25.7 Å². The minimum absolute atomic E-state index is 0.0121. The van der Waals surface area contributed by atoms with Crippen LogP contribution in [0.2, 0.25) is 0 Å². The Morgan fingerprint density at radius 2 is 1.54 bits per heavy atom. The highest BCUT2D eigenvalue weighted by Crippen LogP contribution is 2.76. The lowest BCUT2D eigenvalue weighted by atomic mass is 9.33. The second-order valence-electron chi connectivity index (χ2n) is 19.3. The molecule has 7 rings (SSSR count). The number of rotatable bonds is 6. The molecule has 4 saturated carbocycles. The fourth-order valence-electron chi connectivity index (χ4n) is 13.0. The zero-order chi connectivity index (χ0) is 34.2. The molecule has 0 amide bonds. The third-order valence-corrected chi connectivity index (χ3v) is 16.0. The maximum Gasteiger partial charge on any atom is 0.320 e. The molecule has 6 aliphatic rings. The van der Waals surface area contributed by atoms with Crippen LogP contribution >= 0.6 is 0 Å². The van der Waals surface area contributed by atoms with Crippen molar-refractivity contribution in [3.8, 4) is 0 Å². The van der Waals surface area contributed by atoms with Crippen molar-refractivity contribution in [2.24, 2.45) is 50.2 Å². The third-order valence-electron chi connectivity index (χ3n) is 16.0. The Balaban J connectivity index is 1.15. The number of hydrogen-bond donors (Lipinski definition) is 0. The van der Waals surface area contributed by atoms with Crippen molar-refractivity contribution in [1.82, 2.24) is 4.90 Å². The number of ether oxygens (including phenoxy) is 2. The van der Waals surface area contributed by atoms with Crippen molar-refractivity contribution in [1.29, 1.82) is 0 Å². The highest BCUT2D eigenvalue weighted by atomic mass is 16.5. The summed E-state index contributed by atoms with van der Waals surface area (Å²) in [6.07, 6.45) is 15.6. The van der Waals surface area contributed by atoms with Gasteiger partial charge in [0.1, 0.15) is 12.7 Å². The summed E-state index contributed by atoms with van der Waals surface area (Å²) in [4.78, 5) is 29.7. The van der Waals surface area contributed by atoms with Crippen LogP contribution in [0.4, 0.5) is 0 Å². The molecule has 5 aliphatic carbocycles. The summed E-state index contributed by atoms with van der Waals surface area (Å²) in [6.45, 7) is 20.3. The van der Waals surface area contributed by atoms with Crippen molar-refractivity contribution in [2.45, 2.75) is 138 Å². The molecule has 0 N–H and O–H groups in total. The molecule has 1 aromatic rings. The second-order valence-corrected chi connectivity index (χ2v) is 19.3. The van der Waals surface area contributed by atoms with E-state index >= 15 is 0 Å². The highest BCUT2D eigenvalue weighted by Gasteiger charge is 2.69. The Labute approximate surface area is 291 Å². The Kier molecular flexibility index (Phi) is 8.57. The van der Waals surface area contributed by atoms with Gasteiger partial charge in [-0.2, -0.15) is 0 Å². The number of hydrogen-bond acceptors (Lipinski definition) is 5. The maximum atomic E-state index is 14.3. The zero-order valence-electron chi connectivity index (χ0n) is 31.2. The van der Waals surface area contributed by atoms with E-state index in [9.17, 15) is 9.59 Å². The van der Waals surface area contributed by atoms with Crippen molar-refractivity contribution < 1.29 is 19.1 Å². The molecule has 0 spiro atoms. The number of likely N-dealkylation sites (tertiary alicyclic amines) is 1.